The highest BCUT2D eigenvalue weighted by molar-refractivity contribution is 6.27. The molecule has 1 aliphatic heterocycles. The fourth-order valence-electron chi connectivity index (χ4n) is 2.57. The van der Waals surface area contributed by atoms with E-state index in [-0.39, 0.29) is 29.1 Å². The molecule has 0 aromatic heterocycles. The van der Waals surface area contributed by atoms with Gasteiger partial charge in [-0.1, -0.05) is 0 Å². The Kier molecular flexibility index (Phi) is 5.17. The maximum atomic E-state index is 13.3. The number of amides is 1. The van der Waals surface area contributed by atoms with E-state index in [9.17, 15) is 14.0 Å². The number of hydrogen-bond acceptors (Lipinski definition) is 3. The molecule has 1 heterocycles. The van der Waals surface area contributed by atoms with E-state index in [1.165, 1.54) is 25.3 Å². The number of likely N-dealkylation sites (tertiary alicyclic amines) is 1. The summed E-state index contributed by atoms with van der Waals surface area (Å²) >= 11 is 5.52. The van der Waals surface area contributed by atoms with Crippen molar-refractivity contribution in [1.29, 1.82) is 0 Å². The van der Waals surface area contributed by atoms with Crippen LogP contribution >= 0.6 is 11.6 Å². The number of halogens is 2. The Bertz CT molecular complexity index is 542. The molecule has 0 saturated carbocycles. The first kappa shape index (κ1) is 15.8. The van der Waals surface area contributed by atoms with Gasteiger partial charge in [0, 0.05) is 19.0 Å². The number of carbonyl (C=O) groups excluding carboxylic acids is 2. The summed E-state index contributed by atoms with van der Waals surface area (Å²) < 4.78 is 18.5. The maximum Gasteiger partial charge on any atom is 0.237 e. The molecule has 1 aromatic rings. The second kappa shape index (κ2) is 6.89. The number of piperidine rings is 1. The standard InChI is InChI=1S/C15H17ClFNO3/c1-21-13-3-2-11(17)8-12(13)15(20)10-4-6-18(7-5-10)14(19)9-16/h2-3,8,10H,4-7,9H2,1H3. The van der Waals surface area contributed by atoms with Crippen LogP contribution in [-0.2, 0) is 4.79 Å². The van der Waals surface area contributed by atoms with Crippen molar-refractivity contribution in [2.24, 2.45) is 5.92 Å². The van der Waals surface area contributed by atoms with Gasteiger partial charge in [0.25, 0.3) is 0 Å². The van der Waals surface area contributed by atoms with Crippen LogP contribution in [0.25, 0.3) is 0 Å². The first-order valence-electron chi connectivity index (χ1n) is 6.78. The lowest BCUT2D eigenvalue weighted by molar-refractivity contribution is -0.129. The minimum Gasteiger partial charge on any atom is -0.496 e. The number of benzene rings is 1. The van der Waals surface area contributed by atoms with Gasteiger partial charge in [0.15, 0.2) is 5.78 Å². The summed E-state index contributed by atoms with van der Waals surface area (Å²) in [5, 5.41) is 0. The first-order chi connectivity index (χ1) is 10.1. The molecular weight excluding hydrogens is 297 g/mol. The lowest BCUT2D eigenvalue weighted by atomic mass is 9.88. The van der Waals surface area contributed by atoms with Crippen LogP contribution in [0.3, 0.4) is 0 Å². The second-order valence-electron chi connectivity index (χ2n) is 5.00. The number of hydrogen-bond donors (Lipinski definition) is 0. The van der Waals surface area contributed by atoms with Crippen molar-refractivity contribution >= 4 is 23.3 Å². The van der Waals surface area contributed by atoms with Crippen LogP contribution in [-0.4, -0.2) is 42.7 Å². The van der Waals surface area contributed by atoms with Crippen molar-refractivity contribution in [3.8, 4) is 5.75 Å². The summed E-state index contributed by atoms with van der Waals surface area (Å²) in [6, 6.07) is 3.92. The molecule has 4 nitrogen and oxygen atoms in total. The van der Waals surface area contributed by atoms with E-state index in [1.54, 1.807) is 4.90 Å². The molecule has 1 amide bonds. The van der Waals surface area contributed by atoms with Crippen LogP contribution in [0.1, 0.15) is 23.2 Å². The minimum atomic E-state index is -0.464. The van der Waals surface area contributed by atoms with Gasteiger partial charge in [0.1, 0.15) is 17.4 Å². The second-order valence-corrected chi connectivity index (χ2v) is 5.26. The summed E-state index contributed by atoms with van der Waals surface area (Å²) in [4.78, 5) is 25.7. The first-order valence-corrected chi connectivity index (χ1v) is 7.31. The molecular formula is C15H17ClFNO3. The van der Waals surface area contributed by atoms with E-state index in [1.807, 2.05) is 0 Å². The predicted molar refractivity (Wildman–Crippen MR) is 77.3 cm³/mol. The summed E-state index contributed by atoms with van der Waals surface area (Å²) in [5.74, 6) is -0.610. The molecule has 0 bridgehead atoms. The lowest BCUT2D eigenvalue weighted by Crippen LogP contribution is -2.40. The average Bonchev–Trinajstić information content (AvgIpc) is 2.53. The van der Waals surface area contributed by atoms with Gasteiger partial charge in [-0.15, -0.1) is 11.6 Å². The molecule has 0 atom stereocenters. The predicted octanol–water partition coefficient (Wildman–Crippen LogP) is 2.49. The number of rotatable bonds is 4. The van der Waals surface area contributed by atoms with Crippen molar-refractivity contribution in [3.05, 3.63) is 29.6 Å². The highest BCUT2D eigenvalue weighted by Gasteiger charge is 2.29. The Morgan fingerprint density at radius 3 is 2.62 bits per heavy atom. The van der Waals surface area contributed by atoms with E-state index >= 15 is 0 Å². The van der Waals surface area contributed by atoms with Gasteiger partial charge in [-0.05, 0) is 31.0 Å². The maximum absolute atomic E-state index is 13.3. The molecule has 6 heteroatoms. The van der Waals surface area contributed by atoms with Crippen molar-refractivity contribution in [2.75, 3.05) is 26.1 Å². The van der Waals surface area contributed by atoms with Crippen LogP contribution in [0.2, 0.25) is 0 Å². The molecule has 1 aromatic carbocycles. The fraction of sp³-hybridized carbons (Fsp3) is 0.467. The molecule has 0 aliphatic carbocycles. The molecule has 0 radical (unpaired) electrons. The van der Waals surface area contributed by atoms with Crippen LogP contribution < -0.4 is 4.74 Å². The summed E-state index contributed by atoms with van der Waals surface area (Å²) in [5.41, 5.74) is 0.264. The molecule has 0 unspecified atom stereocenters. The molecule has 1 saturated heterocycles. The quantitative estimate of drug-likeness (QED) is 0.634. The largest absolute Gasteiger partial charge is 0.496 e. The van der Waals surface area contributed by atoms with Crippen LogP contribution in [0, 0.1) is 11.7 Å². The Labute approximate surface area is 127 Å². The van der Waals surface area contributed by atoms with Gasteiger partial charge in [0.05, 0.1) is 12.7 Å². The third-order valence-electron chi connectivity index (χ3n) is 3.76. The van der Waals surface area contributed by atoms with Gasteiger partial charge in [-0.25, -0.2) is 4.39 Å². The van der Waals surface area contributed by atoms with Crippen LogP contribution in [0.4, 0.5) is 4.39 Å². The molecule has 0 spiro atoms. The SMILES string of the molecule is COc1ccc(F)cc1C(=O)C1CCN(C(=O)CCl)CC1. The Hall–Kier alpha value is -1.62. The number of ketones is 1. The topological polar surface area (TPSA) is 46.6 Å². The van der Waals surface area contributed by atoms with Crippen LogP contribution in [0.5, 0.6) is 5.75 Å². The normalized spacial score (nSPS) is 15.9. The Balaban J connectivity index is 2.09. The van der Waals surface area contributed by atoms with Crippen molar-refractivity contribution in [1.82, 2.24) is 4.90 Å². The Morgan fingerprint density at radius 2 is 2.05 bits per heavy atom. The molecule has 114 valence electrons. The Morgan fingerprint density at radius 1 is 1.38 bits per heavy atom. The minimum absolute atomic E-state index is 0.0453. The average molecular weight is 314 g/mol. The van der Waals surface area contributed by atoms with Gasteiger partial charge >= 0.3 is 0 Å². The van der Waals surface area contributed by atoms with Gasteiger partial charge in [0.2, 0.25) is 5.91 Å². The smallest absolute Gasteiger partial charge is 0.237 e. The summed E-state index contributed by atoms with van der Waals surface area (Å²) in [6.07, 6.45) is 1.11. The highest BCUT2D eigenvalue weighted by atomic mass is 35.5. The van der Waals surface area contributed by atoms with Crippen molar-refractivity contribution in [2.45, 2.75) is 12.8 Å². The molecule has 1 fully saturated rings. The number of Topliss-reactive ketones (excluding diaryl/α,β-unsaturated/α-hetero) is 1. The number of carbonyl (C=O) groups is 2. The van der Waals surface area contributed by atoms with Gasteiger partial charge in [-0.2, -0.15) is 0 Å². The molecule has 0 N–H and O–H groups in total. The number of nitrogens with zero attached hydrogens (tertiary/aromatic N) is 1. The fourth-order valence-corrected chi connectivity index (χ4v) is 2.74. The monoisotopic (exact) mass is 313 g/mol. The zero-order valence-electron chi connectivity index (χ0n) is 11.8. The van der Waals surface area contributed by atoms with E-state index in [0.717, 1.165) is 0 Å². The number of ether oxygens (including phenoxy) is 1. The highest BCUT2D eigenvalue weighted by Crippen LogP contribution is 2.27. The zero-order chi connectivity index (χ0) is 15.4. The molecule has 1 aliphatic rings. The van der Waals surface area contributed by atoms with Gasteiger partial charge in [-0.3, -0.25) is 9.59 Å². The molecule has 21 heavy (non-hydrogen) atoms. The molecule has 2 rings (SSSR count). The van der Waals surface area contributed by atoms with E-state index in [4.69, 9.17) is 16.3 Å². The third kappa shape index (κ3) is 3.53. The van der Waals surface area contributed by atoms with Crippen LogP contribution in [0.15, 0.2) is 18.2 Å². The van der Waals surface area contributed by atoms with E-state index in [2.05, 4.69) is 0 Å². The van der Waals surface area contributed by atoms with Crippen molar-refractivity contribution in [3.63, 3.8) is 0 Å². The number of methoxy groups -OCH3 is 1. The van der Waals surface area contributed by atoms with Crippen molar-refractivity contribution < 1.29 is 18.7 Å². The summed E-state index contributed by atoms with van der Waals surface area (Å²) in [6.45, 7) is 0.999. The third-order valence-corrected chi connectivity index (χ3v) is 3.99. The zero-order valence-corrected chi connectivity index (χ0v) is 12.5. The lowest BCUT2D eigenvalue weighted by Gasteiger charge is -2.31. The number of alkyl halides is 1. The van der Waals surface area contributed by atoms with Gasteiger partial charge < -0.3 is 9.64 Å². The van der Waals surface area contributed by atoms with E-state index < -0.39 is 5.82 Å². The van der Waals surface area contributed by atoms with E-state index in [0.29, 0.717) is 31.7 Å². The summed E-state index contributed by atoms with van der Waals surface area (Å²) in [7, 11) is 1.45.